The normalized spacial score (nSPS) is 11.3. The summed E-state index contributed by atoms with van der Waals surface area (Å²) in [7, 11) is 1.59. The molecule has 0 aliphatic rings. The molecule has 5 nitrogen and oxygen atoms in total. The van der Waals surface area contributed by atoms with Crippen molar-refractivity contribution in [1.82, 2.24) is 4.90 Å². The Kier molecular flexibility index (Phi) is 3.63. The highest BCUT2D eigenvalue weighted by Crippen LogP contribution is 2.22. The summed E-state index contributed by atoms with van der Waals surface area (Å²) in [5.74, 6) is -0.352. The lowest BCUT2D eigenvalue weighted by molar-refractivity contribution is 0.0474. The average molecular weight is 238 g/mol. The molecule has 0 unspecified atom stereocenters. The maximum atomic E-state index is 12.1. The van der Waals surface area contributed by atoms with E-state index in [1.165, 1.54) is 23.1 Å². The number of benzene rings is 1. The fourth-order valence-electron chi connectivity index (χ4n) is 1.29. The zero-order chi connectivity index (χ0) is 13.2. The molecular formula is C12H18N2O3. The Morgan fingerprint density at radius 2 is 2.06 bits per heavy atom. The number of amides is 1. The van der Waals surface area contributed by atoms with Crippen molar-refractivity contribution in [1.29, 1.82) is 0 Å². The summed E-state index contributed by atoms with van der Waals surface area (Å²) >= 11 is 0. The number of nitrogens with two attached hydrogens (primary N) is 1. The summed E-state index contributed by atoms with van der Waals surface area (Å²) < 4.78 is 0. The number of phenols is 1. The zero-order valence-electron chi connectivity index (χ0n) is 10.3. The van der Waals surface area contributed by atoms with Gasteiger partial charge in [-0.25, -0.2) is 0 Å². The second kappa shape index (κ2) is 4.63. The van der Waals surface area contributed by atoms with Gasteiger partial charge in [0.15, 0.2) is 0 Å². The number of likely N-dealkylation sites (N-methyl/N-ethyl adjacent to an activating group) is 1. The van der Waals surface area contributed by atoms with Gasteiger partial charge in [-0.2, -0.15) is 0 Å². The molecule has 1 aromatic rings. The van der Waals surface area contributed by atoms with Gasteiger partial charge in [0.25, 0.3) is 5.91 Å². The second-order valence-electron chi connectivity index (χ2n) is 4.61. The van der Waals surface area contributed by atoms with Gasteiger partial charge in [0.2, 0.25) is 0 Å². The van der Waals surface area contributed by atoms with Crippen LogP contribution in [0, 0.1) is 0 Å². The molecule has 0 radical (unpaired) electrons. The van der Waals surface area contributed by atoms with Crippen molar-refractivity contribution < 1.29 is 15.0 Å². The summed E-state index contributed by atoms with van der Waals surface area (Å²) in [5, 5.41) is 18.6. The molecule has 0 aromatic heterocycles. The van der Waals surface area contributed by atoms with E-state index in [1.807, 2.05) is 0 Å². The predicted octanol–water partition coefficient (Wildman–Crippen LogP) is 0.817. The summed E-state index contributed by atoms with van der Waals surface area (Å²) in [5.41, 5.74) is 5.54. The minimum Gasteiger partial charge on any atom is -0.508 e. The Labute approximate surface area is 100 Å². The summed E-state index contributed by atoms with van der Waals surface area (Å²) in [6, 6.07) is 4.22. The van der Waals surface area contributed by atoms with E-state index >= 15 is 0 Å². The predicted molar refractivity (Wildman–Crippen MR) is 65.8 cm³/mol. The molecule has 5 heteroatoms. The number of phenolic OH excluding ortho intramolecular Hbond substituents is 1. The molecule has 0 saturated carbocycles. The van der Waals surface area contributed by atoms with Gasteiger partial charge in [-0.05, 0) is 32.0 Å². The Morgan fingerprint density at radius 3 is 2.59 bits per heavy atom. The van der Waals surface area contributed by atoms with Crippen LogP contribution in [0.15, 0.2) is 18.2 Å². The van der Waals surface area contributed by atoms with E-state index in [0.29, 0.717) is 5.69 Å². The third-order valence-corrected chi connectivity index (χ3v) is 2.87. The average Bonchev–Trinajstić information content (AvgIpc) is 2.30. The Morgan fingerprint density at radius 1 is 1.47 bits per heavy atom. The standard InChI is InChI=1S/C12H18N2O3/c1-12(2,7-15)14(3)11(17)9-6-8(16)4-5-10(9)13/h4-6,15-16H,7,13H2,1-3H3. The molecule has 0 spiro atoms. The highest BCUT2D eigenvalue weighted by molar-refractivity contribution is 5.99. The molecule has 1 amide bonds. The summed E-state index contributed by atoms with van der Waals surface area (Å²) in [4.78, 5) is 13.5. The first-order chi connectivity index (χ1) is 7.79. The Balaban J connectivity index is 3.08. The molecule has 0 saturated heterocycles. The molecule has 0 atom stereocenters. The molecule has 1 rings (SSSR count). The van der Waals surface area contributed by atoms with Crippen LogP contribution in [0.3, 0.4) is 0 Å². The number of aliphatic hydroxyl groups excluding tert-OH is 1. The van der Waals surface area contributed by atoms with Crippen LogP contribution < -0.4 is 5.73 Å². The quantitative estimate of drug-likeness (QED) is 0.537. The number of nitrogens with zero attached hydrogens (tertiary/aromatic N) is 1. The minimum atomic E-state index is -0.686. The fraction of sp³-hybridized carbons (Fsp3) is 0.417. The van der Waals surface area contributed by atoms with E-state index in [4.69, 9.17) is 5.73 Å². The van der Waals surface area contributed by atoms with Crippen molar-refractivity contribution in [3.8, 4) is 5.75 Å². The van der Waals surface area contributed by atoms with E-state index in [9.17, 15) is 15.0 Å². The number of carbonyl (C=O) groups excluding carboxylic acids is 1. The number of hydrogen-bond acceptors (Lipinski definition) is 4. The Bertz CT molecular complexity index is 430. The maximum Gasteiger partial charge on any atom is 0.256 e. The van der Waals surface area contributed by atoms with Gasteiger partial charge in [-0.3, -0.25) is 4.79 Å². The number of aromatic hydroxyl groups is 1. The van der Waals surface area contributed by atoms with E-state index in [-0.39, 0.29) is 23.8 Å². The minimum absolute atomic E-state index is 0.0160. The highest BCUT2D eigenvalue weighted by atomic mass is 16.3. The van der Waals surface area contributed by atoms with Crippen LogP contribution in [0.1, 0.15) is 24.2 Å². The first-order valence-electron chi connectivity index (χ1n) is 5.27. The van der Waals surface area contributed by atoms with Crippen LogP contribution in [0.2, 0.25) is 0 Å². The highest BCUT2D eigenvalue weighted by Gasteiger charge is 2.28. The summed E-state index contributed by atoms with van der Waals surface area (Å²) in [6.07, 6.45) is 0. The van der Waals surface area contributed by atoms with Crippen molar-refractivity contribution in [3.05, 3.63) is 23.8 Å². The van der Waals surface area contributed by atoms with Crippen LogP contribution in [0.4, 0.5) is 5.69 Å². The fourth-order valence-corrected chi connectivity index (χ4v) is 1.29. The number of aliphatic hydroxyl groups is 1. The van der Waals surface area contributed by atoms with Crippen LogP contribution in [0.25, 0.3) is 0 Å². The van der Waals surface area contributed by atoms with Gasteiger partial charge in [0.1, 0.15) is 5.75 Å². The van der Waals surface area contributed by atoms with Gasteiger partial charge in [0, 0.05) is 12.7 Å². The number of rotatable bonds is 3. The molecule has 17 heavy (non-hydrogen) atoms. The van der Waals surface area contributed by atoms with E-state index < -0.39 is 5.54 Å². The van der Waals surface area contributed by atoms with Gasteiger partial charge in [0.05, 0.1) is 17.7 Å². The molecule has 94 valence electrons. The van der Waals surface area contributed by atoms with E-state index in [0.717, 1.165) is 0 Å². The second-order valence-corrected chi connectivity index (χ2v) is 4.61. The first kappa shape index (κ1) is 13.3. The van der Waals surface area contributed by atoms with E-state index in [1.54, 1.807) is 20.9 Å². The van der Waals surface area contributed by atoms with Crippen molar-refractivity contribution in [2.75, 3.05) is 19.4 Å². The van der Waals surface area contributed by atoms with Crippen LogP contribution in [-0.2, 0) is 0 Å². The van der Waals surface area contributed by atoms with Gasteiger partial charge in [-0.15, -0.1) is 0 Å². The van der Waals surface area contributed by atoms with Gasteiger partial charge < -0.3 is 20.8 Å². The van der Waals surface area contributed by atoms with E-state index in [2.05, 4.69) is 0 Å². The molecule has 1 aromatic carbocycles. The third kappa shape index (κ3) is 2.68. The van der Waals surface area contributed by atoms with Crippen LogP contribution in [0.5, 0.6) is 5.75 Å². The largest absolute Gasteiger partial charge is 0.508 e. The Hall–Kier alpha value is -1.75. The SMILES string of the molecule is CN(C(=O)c1cc(O)ccc1N)C(C)(C)CO. The topological polar surface area (TPSA) is 86.8 Å². The molecule has 4 N–H and O–H groups in total. The maximum absolute atomic E-state index is 12.1. The molecule has 0 aliphatic carbocycles. The number of nitrogen functional groups attached to an aromatic ring is 1. The number of hydrogen-bond donors (Lipinski definition) is 3. The van der Waals surface area contributed by atoms with Crippen LogP contribution in [-0.4, -0.2) is 40.2 Å². The molecular weight excluding hydrogens is 220 g/mol. The van der Waals surface area contributed by atoms with Gasteiger partial charge in [-0.1, -0.05) is 0 Å². The zero-order valence-corrected chi connectivity index (χ0v) is 10.3. The van der Waals surface area contributed by atoms with Crippen molar-refractivity contribution in [3.63, 3.8) is 0 Å². The lowest BCUT2D eigenvalue weighted by atomic mass is 10.0. The lowest BCUT2D eigenvalue weighted by Gasteiger charge is -2.34. The first-order valence-corrected chi connectivity index (χ1v) is 5.27. The number of carbonyl (C=O) groups is 1. The van der Waals surface area contributed by atoms with Gasteiger partial charge >= 0.3 is 0 Å². The lowest BCUT2D eigenvalue weighted by Crippen LogP contribution is -2.47. The molecule has 0 aliphatic heterocycles. The molecule has 0 bridgehead atoms. The monoisotopic (exact) mass is 238 g/mol. The smallest absolute Gasteiger partial charge is 0.256 e. The third-order valence-electron chi connectivity index (χ3n) is 2.87. The number of anilines is 1. The molecule has 0 heterocycles. The summed E-state index contributed by atoms with van der Waals surface area (Å²) in [6.45, 7) is 3.32. The molecule has 0 fully saturated rings. The van der Waals surface area contributed by atoms with Crippen molar-refractivity contribution >= 4 is 11.6 Å². The van der Waals surface area contributed by atoms with Crippen LogP contribution >= 0.6 is 0 Å². The van der Waals surface area contributed by atoms with Crippen molar-refractivity contribution in [2.24, 2.45) is 0 Å². The van der Waals surface area contributed by atoms with Crippen molar-refractivity contribution in [2.45, 2.75) is 19.4 Å².